The molecule has 0 saturated heterocycles. The van der Waals surface area contributed by atoms with Crippen molar-refractivity contribution in [3.05, 3.63) is 53.3 Å². The van der Waals surface area contributed by atoms with Crippen LogP contribution in [0.15, 0.2) is 42.7 Å². The molecule has 1 unspecified atom stereocenters. The molecule has 0 aliphatic heterocycles. The fraction of sp³-hybridized carbons (Fsp3) is 0.118. The summed E-state index contributed by atoms with van der Waals surface area (Å²) >= 11 is 6.08. The van der Waals surface area contributed by atoms with E-state index >= 15 is 0 Å². The number of rotatable bonds is 5. The number of H-pyrrole nitrogens is 1. The maximum Gasteiger partial charge on any atom is 0.223 e. The highest BCUT2D eigenvalue weighted by Crippen LogP contribution is 2.25. The lowest BCUT2D eigenvalue weighted by Gasteiger charge is -2.17. The van der Waals surface area contributed by atoms with Gasteiger partial charge in [-0.25, -0.2) is 15.0 Å². The molecule has 1 aromatic carbocycles. The Labute approximate surface area is 159 Å². The summed E-state index contributed by atoms with van der Waals surface area (Å²) in [5.74, 6) is 0.597. The van der Waals surface area contributed by atoms with Gasteiger partial charge >= 0.3 is 0 Å². The average molecular weight is 382 g/mol. The van der Waals surface area contributed by atoms with Crippen molar-refractivity contribution in [2.45, 2.75) is 6.04 Å². The first-order valence-electron chi connectivity index (χ1n) is 8.16. The minimum Gasteiger partial charge on any atom is -0.368 e. The summed E-state index contributed by atoms with van der Waals surface area (Å²) in [4.78, 5) is 16.9. The third-order valence-electron chi connectivity index (χ3n) is 4.03. The molecular weight excluding hydrogens is 366 g/mol. The fourth-order valence-electron chi connectivity index (χ4n) is 2.74. The molecule has 0 aliphatic carbocycles. The first-order chi connectivity index (χ1) is 13.1. The quantitative estimate of drug-likeness (QED) is 0.411. The van der Waals surface area contributed by atoms with Crippen molar-refractivity contribution in [1.29, 1.82) is 0 Å². The molecule has 3 heterocycles. The number of nitrogens with zero attached hydrogens (tertiary/aromatic N) is 5. The average Bonchev–Trinajstić information content (AvgIpc) is 3.09. The van der Waals surface area contributed by atoms with Crippen molar-refractivity contribution in [2.24, 2.45) is 5.73 Å². The molecule has 0 amide bonds. The van der Waals surface area contributed by atoms with Gasteiger partial charge in [-0.3, -0.25) is 5.10 Å². The standard InChI is InChI=1S/C17H16ClN9/c18-10-3-1-2-9(6-10)13(7-19)24-17-21-5-4-12(23-17)14-11-8-22-16(20)25-15(11)27-26-14/h1-6,8,13H,7,19H2,(H,21,23,24)(H3,20,22,25,26,27). The summed E-state index contributed by atoms with van der Waals surface area (Å²) in [7, 11) is 0. The predicted octanol–water partition coefficient (Wildman–Crippen LogP) is 2.16. The highest BCUT2D eigenvalue weighted by atomic mass is 35.5. The van der Waals surface area contributed by atoms with Gasteiger partial charge < -0.3 is 16.8 Å². The first kappa shape index (κ1) is 17.1. The van der Waals surface area contributed by atoms with Crippen LogP contribution in [0.25, 0.3) is 22.4 Å². The minimum absolute atomic E-state index is 0.165. The number of fused-ring (bicyclic) bond motifs is 1. The Morgan fingerprint density at radius 1 is 1.19 bits per heavy atom. The number of benzene rings is 1. The number of hydrogen-bond donors (Lipinski definition) is 4. The second-order valence-electron chi connectivity index (χ2n) is 5.82. The number of hydrogen-bond acceptors (Lipinski definition) is 8. The molecule has 6 N–H and O–H groups in total. The zero-order valence-electron chi connectivity index (χ0n) is 14.1. The molecule has 3 aromatic heterocycles. The Morgan fingerprint density at radius 2 is 2.07 bits per heavy atom. The lowest BCUT2D eigenvalue weighted by molar-refractivity contribution is 0.777. The highest BCUT2D eigenvalue weighted by Gasteiger charge is 2.14. The number of nitrogen functional groups attached to an aromatic ring is 1. The van der Waals surface area contributed by atoms with E-state index in [0.29, 0.717) is 34.6 Å². The third kappa shape index (κ3) is 3.50. The Balaban J connectivity index is 1.65. The lowest BCUT2D eigenvalue weighted by Crippen LogP contribution is -2.21. The second kappa shape index (κ2) is 7.14. The van der Waals surface area contributed by atoms with E-state index in [1.807, 2.05) is 24.3 Å². The van der Waals surface area contributed by atoms with Crippen LogP contribution in [-0.2, 0) is 0 Å². The third-order valence-corrected chi connectivity index (χ3v) is 4.27. The summed E-state index contributed by atoms with van der Waals surface area (Å²) in [5, 5.41) is 11.7. The van der Waals surface area contributed by atoms with E-state index < -0.39 is 0 Å². The van der Waals surface area contributed by atoms with Gasteiger partial charge in [0, 0.05) is 24.0 Å². The van der Waals surface area contributed by atoms with Crippen LogP contribution in [0.4, 0.5) is 11.9 Å². The van der Waals surface area contributed by atoms with Gasteiger partial charge in [-0.15, -0.1) is 0 Å². The molecule has 27 heavy (non-hydrogen) atoms. The SMILES string of the molecule is NCC(Nc1nccc(-c2[nH]nc3nc(N)ncc23)n1)c1cccc(Cl)c1. The van der Waals surface area contributed by atoms with Gasteiger partial charge in [0.15, 0.2) is 5.65 Å². The molecule has 1 atom stereocenters. The van der Waals surface area contributed by atoms with Gasteiger partial charge in [-0.1, -0.05) is 23.7 Å². The molecule has 0 radical (unpaired) electrons. The first-order valence-corrected chi connectivity index (χ1v) is 8.54. The van der Waals surface area contributed by atoms with Crippen LogP contribution < -0.4 is 16.8 Å². The summed E-state index contributed by atoms with van der Waals surface area (Å²) in [5.41, 5.74) is 14.3. The number of nitrogens with one attached hydrogen (secondary N) is 2. The molecule has 0 bridgehead atoms. The van der Waals surface area contributed by atoms with Crippen LogP contribution in [0.3, 0.4) is 0 Å². The van der Waals surface area contributed by atoms with Crippen LogP contribution in [0.1, 0.15) is 11.6 Å². The van der Waals surface area contributed by atoms with E-state index in [4.69, 9.17) is 23.1 Å². The van der Waals surface area contributed by atoms with Crippen LogP contribution in [0.2, 0.25) is 5.02 Å². The molecule has 9 nitrogen and oxygen atoms in total. The van der Waals surface area contributed by atoms with Gasteiger partial charge in [0.05, 0.1) is 22.8 Å². The second-order valence-corrected chi connectivity index (χ2v) is 6.25. The summed E-state index contributed by atoms with van der Waals surface area (Å²) < 4.78 is 0. The molecule has 0 fully saturated rings. The molecule has 4 aromatic rings. The van der Waals surface area contributed by atoms with Crippen LogP contribution in [-0.4, -0.2) is 36.7 Å². The summed E-state index contributed by atoms with van der Waals surface area (Å²) in [6.07, 6.45) is 3.27. The fourth-order valence-corrected chi connectivity index (χ4v) is 2.94. The largest absolute Gasteiger partial charge is 0.368 e. The monoisotopic (exact) mass is 381 g/mol. The number of aromatic amines is 1. The molecule has 4 rings (SSSR count). The van der Waals surface area contributed by atoms with E-state index in [2.05, 4.69) is 35.5 Å². The van der Waals surface area contributed by atoms with E-state index in [-0.39, 0.29) is 12.0 Å². The Hall–Kier alpha value is -3.30. The molecule has 0 saturated carbocycles. The lowest BCUT2D eigenvalue weighted by atomic mass is 10.1. The van der Waals surface area contributed by atoms with E-state index in [1.165, 1.54) is 0 Å². The summed E-state index contributed by atoms with van der Waals surface area (Å²) in [6, 6.07) is 9.09. The predicted molar refractivity (Wildman–Crippen MR) is 104 cm³/mol. The van der Waals surface area contributed by atoms with Crippen molar-refractivity contribution >= 4 is 34.5 Å². The molecular formula is C17H16ClN9. The van der Waals surface area contributed by atoms with Gasteiger partial charge in [-0.2, -0.15) is 10.1 Å². The van der Waals surface area contributed by atoms with Crippen LogP contribution >= 0.6 is 11.6 Å². The molecule has 0 spiro atoms. The molecule has 136 valence electrons. The number of aromatic nitrogens is 6. The summed E-state index contributed by atoms with van der Waals surface area (Å²) in [6.45, 7) is 0.355. The number of nitrogens with two attached hydrogens (primary N) is 2. The Bertz CT molecular complexity index is 1090. The maximum atomic E-state index is 6.08. The van der Waals surface area contributed by atoms with E-state index in [1.54, 1.807) is 18.5 Å². The van der Waals surface area contributed by atoms with Gasteiger partial charge in [0.2, 0.25) is 11.9 Å². The van der Waals surface area contributed by atoms with Gasteiger partial charge in [-0.05, 0) is 23.8 Å². The Morgan fingerprint density at radius 3 is 2.89 bits per heavy atom. The van der Waals surface area contributed by atoms with Crippen molar-refractivity contribution < 1.29 is 0 Å². The topological polar surface area (TPSA) is 144 Å². The van der Waals surface area contributed by atoms with Crippen molar-refractivity contribution in [3.63, 3.8) is 0 Å². The van der Waals surface area contributed by atoms with Crippen LogP contribution in [0.5, 0.6) is 0 Å². The normalized spacial score (nSPS) is 12.2. The Kier molecular flexibility index (Phi) is 4.53. The van der Waals surface area contributed by atoms with Crippen molar-refractivity contribution in [3.8, 4) is 11.4 Å². The molecule has 10 heteroatoms. The zero-order chi connectivity index (χ0) is 18.8. The van der Waals surface area contributed by atoms with Gasteiger partial charge in [0.1, 0.15) is 0 Å². The van der Waals surface area contributed by atoms with Crippen LogP contribution in [0, 0.1) is 0 Å². The minimum atomic E-state index is -0.180. The van der Waals surface area contributed by atoms with Gasteiger partial charge in [0.25, 0.3) is 0 Å². The molecule has 0 aliphatic rings. The smallest absolute Gasteiger partial charge is 0.223 e. The zero-order valence-corrected chi connectivity index (χ0v) is 14.9. The highest BCUT2D eigenvalue weighted by molar-refractivity contribution is 6.30. The van der Waals surface area contributed by atoms with Crippen molar-refractivity contribution in [2.75, 3.05) is 17.6 Å². The maximum absolute atomic E-state index is 6.08. The van der Waals surface area contributed by atoms with Crippen molar-refractivity contribution in [1.82, 2.24) is 30.1 Å². The van der Waals surface area contributed by atoms with E-state index in [0.717, 1.165) is 10.9 Å². The number of anilines is 2. The number of halogens is 1. The van der Waals surface area contributed by atoms with E-state index in [9.17, 15) is 0 Å².